The van der Waals surface area contributed by atoms with Gasteiger partial charge in [0.2, 0.25) is 0 Å². The molecule has 11 aromatic rings. The van der Waals surface area contributed by atoms with Crippen molar-refractivity contribution in [3.05, 3.63) is 259 Å². The minimum absolute atomic E-state index is 0.432. The Labute approximate surface area is 355 Å². The highest BCUT2D eigenvalue weighted by Gasteiger charge is 2.46. The SMILES string of the molecule is c1ccc(-c2cc(-c3ccc4c(c3)c3ccccc3c3cccc(-c5ccc6c(c5)-c5ccccc5C6(c5ccccc5)c5ccccc5)c34)cc(-c3ccccc3)n2)cc1. The lowest BCUT2D eigenvalue weighted by atomic mass is 9.67. The summed E-state index contributed by atoms with van der Waals surface area (Å²) in [6.07, 6.45) is 0. The number of hydrogen-bond donors (Lipinski definition) is 0. The van der Waals surface area contributed by atoms with Crippen LogP contribution < -0.4 is 0 Å². The van der Waals surface area contributed by atoms with Crippen molar-refractivity contribution in [1.82, 2.24) is 4.98 Å². The lowest BCUT2D eigenvalue weighted by molar-refractivity contribution is 0.768. The van der Waals surface area contributed by atoms with Gasteiger partial charge in [0.15, 0.2) is 0 Å². The first kappa shape index (κ1) is 35.1. The quantitative estimate of drug-likeness (QED) is 0.153. The van der Waals surface area contributed by atoms with E-state index in [1.807, 2.05) is 0 Å². The van der Waals surface area contributed by atoms with Crippen LogP contribution in [0.2, 0.25) is 0 Å². The van der Waals surface area contributed by atoms with Crippen molar-refractivity contribution < 1.29 is 0 Å². The van der Waals surface area contributed by atoms with Crippen LogP contribution in [0.4, 0.5) is 0 Å². The fourth-order valence-corrected chi connectivity index (χ4v) is 10.3. The molecule has 1 aliphatic carbocycles. The van der Waals surface area contributed by atoms with Crippen molar-refractivity contribution >= 4 is 32.3 Å². The molecule has 1 nitrogen and oxygen atoms in total. The summed E-state index contributed by atoms with van der Waals surface area (Å²) in [5, 5.41) is 7.54. The molecule has 0 N–H and O–H groups in total. The zero-order chi connectivity index (χ0) is 40.3. The third-order valence-corrected chi connectivity index (χ3v) is 12.9. The Balaban J connectivity index is 1.09. The fraction of sp³-hybridized carbons (Fsp3) is 0.0167. The summed E-state index contributed by atoms with van der Waals surface area (Å²) in [5.74, 6) is 0. The molecule has 0 atom stereocenters. The Morgan fingerprint density at radius 1 is 0.262 bits per heavy atom. The van der Waals surface area contributed by atoms with Crippen molar-refractivity contribution in [2.24, 2.45) is 0 Å². The van der Waals surface area contributed by atoms with Crippen LogP contribution in [0.3, 0.4) is 0 Å². The summed E-state index contributed by atoms with van der Waals surface area (Å²) < 4.78 is 0. The van der Waals surface area contributed by atoms with Crippen LogP contribution in [-0.4, -0.2) is 4.98 Å². The van der Waals surface area contributed by atoms with Gasteiger partial charge in [-0.25, -0.2) is 4.98 Å². The highest BCUT2D eigenvalue weighted by atomic mass is 14.7. The van der Waals surface area contributed by atoms with E-state index in [9.17, 15) is 0 Å². The van der Waals surface area contributed by atoms with E-state index < -0.39 is 5.41 Å². The lowest BCUT2D eigenvalue weighted by Gasteiger charge is -2.33. The van der Waals surface area contributed by atoms with Gasteiger partial charge >= 0.3 is 0 Å². The molecular weight excluding hydrogens is 735 g/mol. The number of aromatic nitrogens is 1. The molecule has 12 rings (SSSR count). The second-order valence-electron chi connectivity index (χ2n) is 16.2. The van der Waals surface area contributed by atoms with E-state index in [-0.39, 0.29) is 0 Å². The minimum Gasteiger partial charge on any atom is -0.248 e. The maximum Gasteiger partial charge on any atom is 0.0715 e. The normalized spacial score (nSPS) is 12.7. The number of fused-ring (bicyclic) bond motifs is 9. The van der Waals surface area contributed by atoms with Crippen LogP contribution in [0, 0.1) is 0 Å². The Morgan fingerprint density at radius 3 is 1.41 bits per heavy atom. The van der Waals surface area contributed by atoms with Crippen molar-refractivity contribution in [2.45, 2.75) is 5.41 Å². The molecule has 284 valence electrons. The molecule has 1 aliphatic rings. The van der Waals surface area contributed by atoms with Gasteiger partial charge in [-0.05, 0) is 112 Å². The third kappa shape index (κ3) is 5.51. The Bertz CT molecular complexity index is 3350. The molecule has 1 aromatic heterocycles. The average Bonchev–Trinajstić information content (AvgIpc) is 3.65. The van der Waals surface area contributed by atoms with Crippen molar-refractivity contribution in [3.8, 4) is 55.9 Å². The van der Waals surface area contributed by atoms with Crippen molar-refractivity contribution in [1.29, 1.82) is 0 Å². The Kier molecular flexibility index (Phi) is 8.15. The highest BCUT2D eigenvalue weighted by molar-refractivity contribution is 6.29. The standard InChI is InChI=1S/C60H39N/c1-5-18-40(19-6-1)57-38-44(39-58(61-57)41-20-7-2-8-21-41)42-32-34-52-53(36-42)49-27-14-13-26-48(49)51-30-17-29-47(59(51)52)43-33-35-56-54(37-43)50-28-15-16-31-55(50)60(56,45-22-9-3-10-23-45)46-24-11-4-12-25-46/h1-39H. The van der Waals surface area contributed by atoms with E-state index in [0.717, 1.165) is 28.1 Å². The van der Waals surface area contributed by atoms with Gasteiger partial charge in [0.05, 0.1) is 16.8 Å². The van der Waals surface area contributed by atoms with Gasteiger partial charge < -0.3 is 0 Å². The molecule has 0 saturated heterocycles. The highest BCUT2D eigenvalue weighted by Crippen LogP contribution is 2.57. The minimum atomic E-state index is -0.432. The molecule has 0 fully saturated rings. The van der Waals surface area contributed by atoms with E-state index in [0.29, 0.717) is 0 Å². The van der Waals surface area contributed by atoms with Crippen LogP contribution in [0.1, 0.15) is 22.3 Å². The van der Waals surface area contributed by atoms with Gasteiger partial charge in [0.1, 0.15) is 0 Å². The maximum absolute atomic E-state index is 5.18. The Morgan fingerprint density at radius 2 is 0.754 bits per heavy atom. The van der Waals surface area contributed by atoms with Crippen LogP contribution in [0.15, 0.2) is 237 Å². The first-order chi connectivity index (χ1) is 30.3. The zero-order valence-corrected chi connectivity index (χ0v) is 33.5. The zero-order valence-electron chi connectivity index (χ0n) is 33.5. The third-order valence-electron chi connectivity index (χ3n) is 12.9. The molecule has 61 heavy (non-hydrogen) atoms. The number of hydrogen-bond acceptors (Lipinski definition) is 1. The smallest absolute Gasteiger partial charge is 0.0715 e. The molecular formula is C60H39N. The molecule has 0 spiro atoms. The van der Waals surface area contributed by atoms with E-state index in [4.69, 9.17) is 4.98 Å². The average molecular weight is 774 g/mol. The van der Waals surface area contributed by atoms with Gasteiger partial charge in [0, 0.05) is 11.1 Å². The topological polar surface area (TPSA) is 12.9 Å². The van der Waals surface area contributed by atoms with Crippen LogP contribution in [0.25, 0.3) is 88.2 Å². The van der Waals surface area contributed by atoms with Gasteiger partial charge in [-0.1, -0.05) is 212 Å². The summed E-state index contributed by atoms with van der Waals surface area (Å²) >= 11 is 0. The van der Waals surface area contributed by atoms with Crippen molar-refractivity contribution in [3.63, 3.8) is 0 Å². The summed E-state index contributed by atoms with van der Waals surface area (Å²) in [5.41, 5.74) is 16.2. The largest absolute Gasteiger partial charge is 0.248 e. The molecule has 1 heterocycles. The molecule has 0 unspecified atom stereocenters. The number of pyridine rings is 1. The molecule has 10 aromatic carbocycles. The summed E-state index contributed by atoms with van der Waals surface area (Å²) in [4.78, 5) is 5.18. The van der Waals surface area contributed by atoms with Crippen LogP contribution >= 0.6 is 0 Å². The second-order valence-corrected chi connectivity index (χ2v) is 16.2. The second kappa shape index (κ2) is 14.2. The molecule has 0 saturated carbocycles. The predicted octanol–water partition coefficient (Wildman–Crippen LogP) is 15.6. The number of rotatable bonds is 6. The molecule has 0 amide bonds. The van der Waals surface area contributed by atoms with Crippen LogP contribution in [-0.2, 0) is 5.41 Å². The van der Waals surface area contributed by atoms with E-state index in [1.54, 1.807) is 0 Å². The van der Waals surface area contributed by atoms with Gasteiger partial charge in [-0.2, -0.15) is 0 Å². The number of nitrogens with zero attached hydrogens (tertiary/aromatic N) is 1. The monoisotopic (exact) mass is 773 g/mol. The predicted molar refractivity (Wildman–Crippen MR) is 256 cm³/mol. The van der Waals surface area contributed by atoms with Gasteiger partial charge in [-0.15, -0.1) is 0 Å². The summed E-state index contributed by atoms with van der Waals surface area (Å²) in [6.45, 7) is 0. The molecule has 1 heteroatoms. The van der Waals surface area contributed by atoms with Crippen molar-refractivity contribution in [2.75, 3.05) is 0 Å². The molecule has 0 aliphatic heterocycles. The van der Waals surface area contributed by atoms with Crippen LogP contribution in [0.5, 0.6) is 0 Å². The van der Waals surface area contributed by atoms with Gasteiger partial charge in [-0.3, -0.25) is 0 Å². The lowest BCUT2D eigenvalue weighted by Crippen LogP contribution is -2.28. The van der Waals surface area contributed by atoms with E-state index in [1.165, 1.54) is 82.4 Å². The first-order valence-corrected chi connectivity index (χ1v) is 21.1. The Hall–Kier alpha value is -7.87. The summed E-state index contributed by atoms with van der Waals surface area (Å²) in [7, 11) is 0. The molecule has 0 radical (unpaired) electrons. The van der Waals surface area contributed by atoms with E-state index in [2.05, 4.69) is 237 Å². The van der Waals surface area contributed by atoms with E-state index >= 15 is 0 Å². The first-order valence-electron chi connectivity index (χ1n) is 21.1. The molecule has 0 bridgehead atoms. The number of benzene rings is 10. The summed E-state index contributed by atoms with van der Waals surface area (Å²) in [6, 6.07) is 86.6. The maximum atomic E-state index is 5.18. The fourth-order valence-electron chi connectivity index (χ4n) is 10.3. The van der Waals surface area contributed by atoms with Gasteiger partial charge in [0.25, 0.3) is 0 Å².